The van der Waals surface area contributed by atoms with Gasteiger partial charge in [-0.3, -0.25) is 10.5 Å². The molecule has 0 amide bonds. The molecule has 1 aromatic carbocycles. The van der Waals surface area contributed by atoms with Crippen LogP contribution in [0.15, 0.2) is 24.3 Å². The lowest BCUT2D eigenvalue weighted by Crippen LogP contribution is -2.40. The third-order valence-electron chi connectivity index (χ3n) is 1.91. The largest absolute Gasteiger partial charge is 0.468 e. The number of fused-ring (bicyclic) bond motifs is 1. The quantitative estimate of drug-likeness (QED) is 0.605. The summed E-state index contributed by atoms with van der Waals surface area (Å²) in [5.41, 5.74) is 6.34. The van der Waals surface area contributed by atoms with Crippen LogP contribution in [0.2, 0.25) is 0 Å². The van der Waals surface area contributed by atoms with Crippen LogP contribution in [0.3, 0.4) is 0 Å². The third-order valence-corrected chi connectivity index (χ3v) is 1.91. The van der Waals surface area contributed by atoms with Crippen molar-refractivity contribution in [3.8, 4) is 5.75 Å². The van der Waals surface area contributed by atoms with Gasteiger partial charge in [0.05, 0.1) is 0 Å². The van der Waals surface area contributed by atoms with Gasteiger partial charge in [0.1, 0.15) is 5.75 Å². The van der Waals surface area contributed by atoms with Gasteiger partial charge >= 0.3 is 0 Å². The molecule has 1 atom stereocenters. The number of carbonyl (C=O) groups is 1. The molecule has 0 spiro atoms. The fourth-order valence-electron chi connectivity index (χ4n) is 1.26. The zero-order valence-corrected chi connectivity index (χ0v) is 6.49. The highest BCUT2D eigenvalue weighted by atomic mass is 16.5. The van der Waals surface area contributed by atoms with Crippen LogP contribution >= 0.6 is 0 Å². The van der Waals surface area contributed by atoms with Crippen LogP contribution in [0.4, 0.5) is 0 Å². The van der Waals surface area contributed by atoms with Crippen molar-refractivity contribution in [1.82, 2.24) is 0 Å². The van der Waals surface area contributed by atoms with E-state index in [0.29, 0.717) is 6.42 Å². The van der Waals surface area contributed by atoms with Crippen LogP contribution in [0.5, 0.6) is 5.75 Å². The number of para-hydroxylation sites is 1. The molecule has 1 heterocycles. The number of carbonyl (C=O) groups excluding carboxylic acids is 1. The first kappa shape index (κ1) is 7.31. The lowest BCUT2D eigenvalue weighted by atomic mass is 10.0. The van der Waals surface area contributed by atoms with Crippen LogP contribution in [-0.2, 0) is 11.2 Å². The molecule has 0 aliphatic carbocycles. The molecule has 2 rings (SSSR count). The molecule has 12 heavy (non-hydrogen) atoms. The molecule has 2 N–H and O–H groups in total. The van der Waals surface area contributed by atoms with E-state index < -0.39 is 6.23 Å². The zero-order chi connectivity index (χ0) is 8.55. The molecule has 0 saturated carbocycles. The van der Waals surface area contributed by atoms with E-state index >= 15 is 0 Å². The molecule has 0 radical (unpaired) electrons. The minimum Gasteiger partial charge on any atom is -0.468 e. The van der Waals surface area contributed by atoms with Crippen LogP contribution in [0, 0.1) is 0 Å². The van der Waals surface area contributed by atoms with Crippen molar-refractivity contribution < 1.29 is 9.53 Å². The molecule has 0 saturated heterocycles. The molecule has 0 bridgehead atoms. The van der Waals surface area contributed by atoms with E-state index in [4.69, 9.17) is 10.5 Å². The van der Waals surface area contributed by atoms with Crippen molar-refractivity contribution in [2.24, 2.45) is 5.73 Å². The van der Waals surface area contributed by atoms with Crippen molar-refractivity contribution in [2.75, 3.05) is 0 Å². The number of hydrogen-bond donors (Lipinski definition) is 1. The summed E-state index contributed by atoms with van der Waals surface area (Å²) >= 11 is 0. The molecular weight excluding hydrogens is 154 g/mol. The number of benzene rings is 1. The summed E-state index contributed by atoms with van der Waals surface area (Å²) in [4.78, 5) is 11.1. The number of ether oxygens (including phenoxy) is 1. The lowest BCUT2D eigenvalue weighted by molar-refractivity contribution is -0.126. The normalized spacial score (nSPS) is 21.4. The van der Waals surface area contributed by atoms with Gasteiger partial charge in [-0.05, 0) is 6.07 Å². The SMILES string of the molecule is NC1Oc2ccccc2CC1=O. The summed E-state index contributed by atoms with van der Waals surface area (Å²) in [6.07, 6.45) is -0.392. The molecule has 1 aliphatic rings. The molecule has 62 valence electrons. The van der Waals surface area contributed by atoms with Gasteiger partial charge in [-0.1, -0.05) is 18.2 Å². The van der Waals surface area contributed by atoms with E-state index in [2.05, 4.69) is 0 Å². The van der Waals surface area contributed by atoms with E-state index in [-0.39, 0.29) is 5.78 Å². The second kappa shape index (κ2) is 2.60. The second-order valence-electron chi connectivity index (χ2n) is 2.79. The van der Waals surface area contributed by atoms with E-state index in [1.165, 1.54) is 0 Å². The smallest absolute Gasteiger partial charge is 0.207 e. The van der Waals surface area contributed by atoms with Crippen molar-refractivity contribution in [3.63, 3.8) is 0 Å². The molecular formula is C9H9NO2. The Kier molecular flexibility index (Phi) is 1.59. The Morgan fingerprint density at radius 3 is 3.00 bits per heavy atom. The first-order chi connectivity index (χ1) is 5.77. The summed E-state index contributed by atoms with van der Waals surface area (Å²) in [5, 5.41) is 0. The Balaban J connectivity index is 2.40. The number of nitrogens with two attached hydrogens (primary N) is 1. The van der Waals surface area contributed by atoms with Crippen LogP contribution in [0.1, 0.15) is 5.56 Å². The summed E-state index contributed by atoms with van der Waals surface area (Å²) in [5.74, 6) is 0.665. The maximum atomic E-state index is 11.1. The van der Waals surface area contributed by atoms with E-state index in [1.54, 1.807) is 0 Å². The molecule has 1 unspecified atom stereocenters. The molecule has 1 aromatic rings. The highest BCUT2D eigenvalue weighted by molar-refractivity contribution is 5.87. The Bertz CT molecular complexity index is 322. The second-order valence-corrected chi connectivity index (χ2v) is 2.79. The zero-order valence-electron chi connectivity index (χ0n) is 6.49. The predicted molar refractivity (Wildman–Crippen MR) is 43.8 cm³/mol. The van der Waals surface area contributed by atoms with Gasteiger partial charge in [0.15, 0.2) is 5.78 Å². The highest BCUT2D eigenvalue weighted by Gasteiger charge is 2.23. The number of Topliss-reactive ketones (excluding diaryl/α,β-unsaturated/α-hetero) is 1. The third kappa shape index (κ3) is 1.08. The fourth-order valence-corrected chi connectivity index (χ4v) is 1.26. The summed E-state index contributed by atoms with van der Waals surface area (Å²) in [6, 6.07) is 7.44. The van der Waals surface area contributed by atoms with Gasteiger partial charge in [-0.15, -0.1) is 0 Å². The monoisotopic (exact) mass is 163 g/mol. The maximum Gasteiger partial charge on any atom is 0.207 e. The van der Waals surface area contributed by atoms with Gasteiger partial charge in [0, 0.05) is 12.0 Å². The molecule has 3 heteroatoms. The Labute approximate surface area is 70.1 Å². The Morgan fingerprint density at radius 1 is 1.42 bits per heavy atom. The van der Waals surface area contributed by atoms with Crippen LogP contribution in [0.25, 0.3) is 0 Å². The predicted octanol–water partition coefficient (Wildman–Crippen LogP) is 0.475. The van der Waals surface area contributed by atoms with Crippen LogP contribution in [-0.4, -0.2) is 12.0 Å². The summed E-state index contributed by atoms with van der Waals surface area (Å²) in [6.45, 7) is 0. The molecule has 1 aliphatic heterocycles. The first-order valence-electron chi connectivity index (χ1n) is 3.80. The standard InChI is InChI=1S/C9H9NO2/c10-9-7(11)5-6-3-1-2-4-8(6)12-9/h1-4,9H,5,10H2. The van der Waals surface area contributed by atoms with Crippen molar-refractivity contribution in [2.45, 2.75) is 12.6 Å². The maximum absolute atomic E-state index is 11.1. The van der Waals surface area contributed by atoms with Crippen LogP contribution < -0.4 is 10.5 Å². The Hall–Kier alpha value is -1.35. The molecule has 0 aromatic heterocycles. The average molecular weight is 163 g/mol. The first-order valence-corrected chi connectivity index (χ1v) is 3.80. The average Bonchev–Trinajstić information content (AvgIpc) is 2.07. The van der Waals surface area contributed by atoms with Gasteiger partial charge in [0.25, 0.3) is 0 Å². The Morgan fingerprint density at radius 2 is 2.17 bits per heavy atom. The number of rotatable bonds is 0. The van der Waals surface area contributed by atoms with Gasteiger partial charge in [0.2, 0.25) is 6.23 Å². The van der Waals surface area contributed by atoms with Gasteiger partial charge in [-0.2, -0.15) is 0 Å². The van der Waals surface area contributed by atoms with E-state index in [1.807, 2.05) is 24.3 Å². The summed E-state index contributed by atoms with van der Waals surface area (Å²) < 4.78 is 5.17. The number of hydrogen-bond acceptors (Lipinski definition) is 3. The van der Waals surface area contributed by atoms with E-state index in [0.717, 1.165) is 11.3 Å². The minimum atomic E-state index is -0.778. The van der Waals surface area contributed by atoms with Crippen molar-refractivity contribution in [1.29, 1.82) is 0 Å². The number of ketones is 1. The van der Waals surface area contributed by atoms with E-state index in [9.17, 15) is 4.79 Å². The van der Waals surface area contributed by atoms with Gasteiger partial charge in [-0.25, -0.2) is 0 Å². The minimum absolute atomic E-state index is 0.0614. The molecule has 0 fully saturated rings. The van der Waals surface area contributed by atoms with Crippen molar-refractivity contribution >= 4 is 5.78 Å². The fraction of sp³-hybridized carbons (Fsp3) is 0.222. The molecule has 3 nitrogen and oxygen atoms in total. The highest BCUT2D eigenvalue weighted by Crippen LogP contribution is 2.23. The summed E-state index contributed by atoms with van der Waals surface area (Å²) in [7, 11) is 0. The van der Waals surface area contributed by atoms with Crippen molar-refractivity contribution in [3.05, 3.63) is 29.8 Å². The van der Waals surface area contributed by atoms with Gasteiger partial charge < -0.3 is 4.74 Å². The lowest BCUT2D eigenvalue weighted by Gasteiger charge is -2.21. The topological polar surface area (TPSA) is 52.3 Å².